The second-order valence-electron chi connectivity index (χ2n) is 5.67. The first-order valence-corrected chi connectivity index (χ1v) is 8.24. The Balaban J connectivity index is 0.00000312. The lowest BCUT2D eigenvalue weighted by Gasteiger charge is -2.14. The molecule has 0 bridgehead atoms. The maximum absolute atomic E-state index is 11.7. The van der Waals surface area contributed by atoms with Crippen LogP contribution >= 0.6 is 24.0 Å². The molecule has 140 valence electrons. The van der Waals surface area contributed by atoms with E-state index in [4.69, 9.17) is 9.47 Å². The third kappa shape index (κ3) is 6.97. The molecule has 3 N–H and O–H groups in total. The zero-order valence-electron chi connectivity index (χ0n) is 14.9. The molecule has 8 heteroatoms. The van der Waals surface area contributed by atoms with Crippen LogP contribution in [0.25, 0.3) is 0 Å². The second kappa shape index (κ2) is 11.0. The van der Waals surface area contributed by atoms with E-state index in [2.05, 4.69) is 20.9 Å². The monoisotopic (exact) mass is 462 g/mol. The summed E-state index contributed by atoms with van der Waals surface area (Å²) in [7, 11) is 1.70. The van der Waals surface area contributed by atoms with Gasteiger partial charge in [-0.25, -0.2) is 0 Å². The fourth-order valence-electron chi connectivity index (χ4n) is 2.20. The highest BCUT2D eigenvalue weighted by molar-refractivity contribution is 14.0. The van der Waals surface area contributed by atoms with Crippen LogP contribution in [0.5, 0.6) is 11.5 Å². The van der Waals surface area contributed by atoms with Gasteiger partial charge in [-0.2, -0.15) is 0 Å². The van der Waals surface area contributed by atoms with E-state index in [1.54, 1.807) is 7.05 Å². The van der Waals surface area contributed by atoms with Crippen LogP contribution in [0.4, 0.5) is 0 Å². The predicted molar refractivity (Wildman–Crippen MR) is 109 cm³/mol. The highest BCUT2D eigenvalue weighted by Crippen LogP contribution is 2.32. The SMILES string of the molecule is CCC(C)NC(=O)CCNC(=NC)NCc1ccc2c(c1)OCO2.I. The van der Waals surface area contributed by atoms with Gasteiger partial charge in [0.15, 0.2) is 17.5 Å². The molecule has 2 rings (SSSR count). The van der Waals surface area contributed by atoms with E-state index in [9.17, 15) is 4.79 Å². The molecular weight excluding hydrogens is 435 g/mol. The maximum Gasteiger partial charge on any atom is 0.231 e. The van der Waals surface area contributed by atoms with E-state index in [0.717, 1.165) is 23.5 Å². The van der Waals surface area contributed by atoms with Crippen molar-refractivity contribution in [2.75, 3.05) is 20.4 Å². The number of fused-ring (bicyclic) bond motifs is 1. The molecular formula is C17H27IN4O3. The fraction of sp³-hybridized carbons (Fsp3) is 0.529. The van der Waals surface area contributed by atoms with Gasteiger partial charge in [-0.05, 0) is 31.0 Å². The minimum atomic E-state index is 0. The van der Waals surface area contributed by atoms with Crippen LogP contribution in [-0.2, 0) is 11.3 Å². The highest BCUT2D eigenvalue weighted by atomic mass is 127. The van der Waals surface area contributed by atoms with E-state index in [-0.39, 0.29) is 42.7 Å². The first-order chi connectivity index (χ1) is 11.6. The summed E-state index contributed by atoms with van der Waals surface area (Å²) in [5.41, 5.74) is 1.07. The number of hydrogen-bond acceptors (Lipinski definition) is 4. The molecule has 0 saturated carbocycles. The minimum absolute atomic E-state index is 0. The average molecular weight is 462 g/mol. The lowest BCUT2D eigenvalue weighted by Crippen LogP contribution is -2.40. The second-order valence-corrected chi connectivity index (χ2v) is 5.67. The van der Waals surface area contributed by atoms with Gasteiger partial charge in [-0.1, -0.05) is 13.0 Å². The Morgan fingerprint density at radius 3 is 2.76 bits per heavy atom. The fourth-order valence-corrected chi connectivity index (χ4v) is 2.20. The van der Waals surface area contributed by atoms with Gasteiger partial charge in [0.2, 0.25) is 12.7 Å². The van der Waals surface area contributed by atoms with Gasteiger partial charge in [0.05, 0.1) is 0 Å². The Morgan fingerprint density at radius 1 is 1.28 bits per heavy atom. The van der Waals surface area contributed by atoms with Crippen LogP contribution in [-0.4, -0.2) is 38.3 Å². The van der Waals surface area contributed by atoms with E-state index in [0.29, 0.717) is 25.5 Å². The van der Waals surface area contributed by atoms with Crippen molar-refractivity contribution in [3.63, 3.8) is 0 Å². The molecule has 0 radical (unpaired) electrons. The Hall–Kier alpha value is -1.71. The molecule has 7 nitrogen and oxygen atoms in total. The summed E-state index contributed by atoms with van der Waals surface area (Å²) >= 11 is 0. The van der Waals surface area contributed by atoms with Crippen molar-refractivity contribution < 1.29 is 14.3 Å². The normalized spacial score (nSPS) is 13.6. The molecule has 1 atom stereocenters. The Bertz CT molecular complexity index is 595. The zero-order valence-corrected chi connectivity index (χ0v) is 17.3. The molecule has 1 aliphatic rings. The Morgan fingerprint density at radius 2 is 2.04 bits per heavy atom. The molecule has 1 heterocycles. The summed E-state index contributed by atoms with van der Waals surface area (Å²) in [5.74, 6) is 2.24. The number of rotatable bonds is 7. The number of carbonyl (C=O) groups is 1. The number of halogens is 1. The van der Waals surface area contributed by atoms with E-state index in [1.165, 1.54) is 0 Å². The number of amides is 1. The van der Waals surface area contributed by atoms with Gasteiger partial charge in [-0.15, -0.1) is 24.0 Å². The summed E-state index contributed by atoms with van der Waals surface area (Å²) in [4.78, 5) is 15.9. The summed E-state index contributed by atoms with van der Waals surface area (Å²) in [6.07, 6.45) is 1.34. The average Bonchev–Trinajstić information content (AvgIpc) is 3.05. The molecule has 1 unspecified atom stereocenters. The van der Waals surface area contributed by atoms with Gasteiger partial charge < -0.3 is 25.4 Å². The van der Waals surface area contributed by atoms with Gasteiger partial charge in [-0.3, -0.25) is 9.79 Å². The minimum Gasteiger partial charge on any atom is -0.454 e. The van der Waals surface area contributed by atoms with E-state index >= 15 is 0 Å². The number of aliphatic imine (C=N–C) groups is 1. The number of nitrogens with zero attached hydrogens (tertiary/aromatic N) is 1. The molecule has 1 aliphatic heterocycles. The van der Waals surface area contributed by atoms with Crippen LogP contribution in [0.15, 0.2) is 23.2 Å². The third-order valence-electron chi connectivity index (χ3n) is 3.78. The van der Waals surface area contributed by atoms with Gasteiger partial charge in [0.1, 0.15) is 0 Å². The number of benzene rings is 1. The zero-order chi connectivity index (χ0) is 17.4. The van der Waals surface area contributed by atoms with Gasteiger partial charge in [0, 0.05) is 32.6 Å². The molecule has 0 aliphatic carbocycles. The van der Waals surface area contributed by atoms with Crippen molar-refractivity contribution in [2.45, 2.75) is 39.3 Å². The van der Waals surface area contributed by atoms with Crippen LogP contribution in [0.2, 0.25) is 0 Å². The lowest BCUT2D eigenvalue weighted by atomic mass is 10.2. The van der Waals surface area contributed by atoms with Crippen LogP contribution in [0, 0.1) is 0 Å². The smallest absolute Gasteiger partial charge is 0.231 e. The summed E-state index contributed by atoms with van der Waals surface area (Å²) in [6.45, 7) is 5.45. The number of ether oxygens (including phenoxy) is 2. The summed E-state index contributed by atoms with van der Waals surface area (Å²) in [6, 6.07) is 6.03. The van der Waals surface area contributed by atoms with Crippen molar-refractivity contribution in [1.82, 2.24) is 16.0 Å². The molecule has 1 amide bonds. The standard InChI is InChI=1S/C17H26N4O3.HI/c1-4-12(2)21-16(22)7-8-19-17(18-3)20-10-13-5-6-14-15(9-13)24-11-23-14;/h5-6,9,12H,4,7-8,10-11H2,1-3H3,(H,21,22)(H2,18,19,20);1H. The number of guanidine groups is 1. The largest absolute Gasteiger partial charge is 0.454 e. The lowest BCUT2D eigenvalue weighted by molar-refractivity contribution is -0.121. The molecule has 1 aromatic rings. The summed E-state index contributed by atoms with van der Waals surface area (Å²) < 4.78 is 10.7. The predicted octanol–water partition coefficient (Wildman–Crippen LogP) is 2.00. The van der Waals surface area contributed by atoms with E-state index < -0.39 is 0 Å². The van der Waals surface area contributed by atoms with Crippen molar-refractivity contribution in [2.24, 2.45) is 4.99 Å². The quantitative estimate of drug-likeness (QED) is 0.328. The van der Waals surface area contributed by atoms with Crippen LogP contribution in [0.3, 0.4) is 0 Å². The maximum atomic E-state index is 11.7. The number of nitrogens with one attached hydrogen (secondary N) is 3. The van der Waals surface area contributed by atoms with Crippen LogP contribution in [0.1, 0.15) is 32.3 Å². The first-order valence-electron chi connectivity index (χ1n) is 8.24. The Kier molecular flexibility index (Phi) is 9.40. The van der Waals surface area contributed by atoms with E-state index in [1.807, 2.05) is 32.0 Å². The Labute approximate surface area is 166 Å². The highest BCUT2D eigenvalue weighted by Gasteiger charge is 2.13. The number of hydrogen-bond donors (Lipinski definition) is 3. The molecule has 0 aromatic heterocycles. The molecule has 25 heavy (non-hydrogen) atoms. The summed E-state index contributed by atoms with van der Waals surface area (Å²) in [5, 5.41) is 9.29. The van der Waals surface area contributed by atoms with Crippen molar-refractivity contribution in [1.29, 1.82) is 0 Å². The molecule has 0 saturated heterocycles. The topological polar surface area (TPSA) is 84.0 Å². The molecule has 0 fully saturated rings. The van der Waals surface area contributed by atoms with Gasteiger partial charge >= 0.3 is 0 Å². The third-order valence-corrected chi connectivity index (χ3v) is 3.78. The number of carbonyl (C=O) groups excluding carboxylic acids is 1. The van der Waals surface area contributed by atoms with Crippen molar-refractivity contribution in [3.05, 3.63) is 23.8 Å². The van der Waals surface area contributed by atoms with Crippen molar-refractivity contribution in [3.8, 4) is 11.5 Å². The molecule has 1 aromatic carbocycles. The van der Waals surface area contributed by atoms with Crippen LogP contribution < -0.4 is 25.4 Å². The van der Waals surface area contributed by atoms with Gasteiger partial charge in [0.25, 0.3) is 0 Å². The molecule has 0 spiro atoms. The first kappa shape index (κ1) is 21.3. The van der Waals surface area contributed by atoms with Crippen molar-refractivity contribution >= 4 is 35.8 Å².